The minimum Gasteiger partial charge on any atom is -0.468 e. The summed E-state index contributed by atoms with van der Waals surface area (Å²) in [6, 6.07) is 7.96. The Morgan fingerprint density at radius 1 is 1.30 bits per heavy atom. The first kappa shape index (κ1) is 16.0. The Hall–Kier alpha value is -1.92. The Kier molecular flexibility index (Phi) is 4.93. The van der Waals surface area contributed by atoms with Crippen molar-refractivity contribution in [2.24, 2.45) is 0 Å². The van der Waals surface area contributed by atoms with Gasteiger partial charge in [0.05, 0.1) is 19.7 Å². The summed E-state index contributed by atoms with van der Waals surface area (Å²) in [5, 5.41) is 0. The Bertz CT molecular complexity index is 637. The third-order valence-electron chi connectivity index (χ3n) is 4.42. The Balaban J connectivity index is 1.65. The third-order valence-corrected chi connectivity index (χ3v) is 4.42. The smallest absolute Gasteiger partial charge is 0.319 e. The van der Waals surface area contributed by atoms with Crippen LogP contribution in [0.25, 0.3) is 11.1 Å². The van der Waals surface area contributed by atoms with Crippen LogP contribution in [0.1, 0.15) is 25.3 Å². The number of benzene rings is 1. The third kappa shape index (κ3) is 3.71. The Labute approximate surface area is 136 Å². The van der Waals surface area contributed by atoms with Crippen LogP contribution in [0.5, 0.6) is 0 Å². The molecule has 0 amide bonds. The van der Waals surface area contributed by atoms with Gasteiger partial charge in [0.15, 0.2) is 5.58 Å². The molecule has 0 radical (unpaired) electrons. The number of rotatable bonds is 4. The van der Waals surface area contributed by atoms with E-state index in [2.05, 4.69) is 21.7 Å². The molecule has 2 heterocycles. The molecule has 1 aromatic heterocycles. The van der Waals surface area contributed by atoms with E-state index in [4.69, 9.17) is 9.15 Å². The number of ether oxygens (including phenoxy) is 1. The molecule has 0 spiro atoms. The first-order valence-corrected chi connectivity index (χ1v) is 8.06. The molecule has 1 saturated heterocycles. The number of methoxy groups -OCH3 is 1. The standard InChI is InChI=1S/C17H23N3O3/c1-13(17-18-14-6-3-4-7-15(14)23-17)20-9-5-8-19(10-11-20)12-16(21)22-2/h3-4,6-7,13H,5,8-12H2,1-2H3/t13-/m1/s1. The largest absolute Gasteiger partial charge is 0.468 e. The quantitative estimate of drug-likeness (QED) is 0.805. The van der Waals surface area contributed by atoms with Gasteiger partial charge in [0.2, 0.25) is 5.89 Å². The summed E-state index contributed by atoms with van der Waals surface area (Å²) >= 11 is 0. The molecule has 0 bridgehead atoms. The van der Waals surface area contributed by atoms with Crippen molar-refractivity contribution in [3.05, 3.63) is 30.2 Å². The predicted molar refractivity (Wildman–Crippen MR) is 87.1 cm³/mol. The second-order valence-corrected chi connectivity index (χ2v) is 5.94. The molecule has 23 heavy (non-hydrogen) atoms. The summed E-state index contributed by atoms with van der Waals surface area (Å²) in [6.07, 6.45) is 1.02. The highest BCUT2D eigenvalue weighted by Gasteiger charge is 2.24. The molecule has 1 atom stereocenters. The van der Waals surface area contributed by atoms with Crippen molar-refractivity contribution >= 4 is 17.1 Å². The lowest BCUT2D eigenvalue weighted by Crippen LogP contribution is -2.35. The van der Waals surface area contributed by atoms with Crippen molar-refractivity contribution in [1.29, 1.82) is 0 Å². The molecule has 0 aliphatic carbocycles. The van der Waals surface area contributed by atoms with Gasteiger partial charge in [-0.2, -0.15) is 0 Å². The van der Waals surface area contributed by atoms with Crippen LogP contribution in [-0.4, -0.2) is 60.6 Å². The minimum absolute atomic E-state index is 0.125. The average Bonchev–Trinajstić information content (AvgIpc) is 2.87. The van der Waals surface area contributed by atoms with Crippen molar-refractivity contribution < 1.29 is 13.9 Å². The van der Waals surface area contributed by atoms with Crippen LogP contribution < -0.4 is 0 Å². The molecule has 1 aliphatic rings. The summed E-state index contributed by atoms with van der Waals surface area (Å²) in [7, 11) is 1.43. The van der Waals surface area contributed by atoms with Gasteiger partial charge in [0.1, 0.15) is 5.52 Å². The first-order valence-electron chi connectivity index (χ1n) is 8.06. The molecule has 1 fully saturated rings. The fourth-order valence-corrected chi connectivity index (χ4v) is 3.01. The highest BCUT2D eigenvalue weighted by atomic mass is 16.5. The molecule has 2 aromatic rings. The zero-order chi connectivity index (χ0) is 16.2. The van der Waals surface area contributed by atoms with Crippen molar-refractivity contribution in [2.75, 3.05) is 39.8 Å². The number of para-hydroxylation sites is 2. The van der Waals surface area contributed by atoms with Crippen molar-refractivity contribution in [3.8, 4) is 0 Å². The van der Waals surface area contributed by atoms with Crippen LogP contribution in [0, 0.1) is 0 Å². The summed E-state index contributed by atoms with van der Waals surface area (Å²) in [6.45, 7) is 6.10. The van der Waals surface area contributed by atoms with Gasteiger partial charge in [0.25, 0.3) is 0 Å². The van der Waals surface area contributed by atoms with Gasteiger partial charge in [-0.15, -0.1) is 0 Å². The number of hydrogen-bond donors (Lipinski definition) is 0. The number of carbonyl (C=O) groups excluding carboxylic acids is 1. The normalized spacial score (nSPS) is 18.7. The van der Waals surface area contributed by atoms with E-state index in [9.17, 15) is 4.79 Å². The number of fused-ring (bicyclic) bond motifs is 1. The first-order chi connectivity index (χ1) is 11.2. The SMILES string of the molecule is COC(=O)CN1CCCN([C@H](C)c2nc3ccccc3o2)CC1. The van der Waals surface area contributed by atoms with E-state index in [1.165, 1.54) is 7.11 Å². The molecule has 124 valence electrons. The Morgan fingerprint density at radius 3 is 2.91 bits per heavy atom. The monoisotopic (exact) mass is 317 g/mol. The van der Waals surface area contributed by atoms with Gasteiger partial charge >= 0.3 is 5.97 Å². The van der Waals surface area contributed by atoms with Crippen molar-refractivity contribution in [1.82, 2.24) is 14.8 Å². The number of oxazole rings is 1. The molecule has 3 rings (SSSR count). The molecule has 0 saturated carbocycles. The highest BCUT2D eigenvalue weighted by molar-refractivity contribution is 5.72. The average molecular weight is 317 g/mol. The highest BCUT2D eigenvalue weighted by Crippen LogP contribution is 2.24. The summed E-state index contributed by atoms with van der Waals surface area (Å²) in [5.74, 6) is 0.582. The lowest BCUT2D eigenvalue weighted by atomic mass is 10.2. The van der Waals surface area contributed by atoms with Crippen LogP contribution in [-0.2, 0) is 9.53 Å². The van der Waals surface area contributed by atoms with E-state index in [1.54, 1.807) is 0 Å². The second-order valence-electron chi connectivity index (χ2n) is 5.94. The zero-order valence-corrected chi connectivity index (χ0v) is 13.7. The van der Waals surface area contributed by atoms with E-state index < -0.39 is 0 Å². The molecular weight excluding hydrogens is 294 g/mol. The minimum atomic E-state index is -0.176. The zero-order valence-electron chi connectivity index (χ0n) is 13.7. The molecule has 6 heteroatoms. The number of aromatic nitrogens is 1. The van der Waals surface area contributed by atoms with Gasteiger partial charge in [-0.25, -0.2) is 4.98 Å². The summed E-state index contributed by atoms with van der Waals surface area (Å²) in [5.41, 5.74) is 1.73. The lowest BCUT2D eigenvalue weighted by molar-refractivity contribution is -0.141. The van der Waals surface area contributed by atoms with Crippen LogP contribution >= 0.6 is 0 Å². The summed E-state index contributed by atoms with van der Waals surface area (Å²) in [4.78, 5) is 20.5. The number of nitrogens with zero attached hydrogens (tertiary/aromatic N) is 3. The molecule has 0 N–H and O–H groups in total. The van der Waals surface area contributed by atoms with E-state index in [1.807, 2.05) is 24.3 Å². The fraction of sp³-hybridized carbons (Fsp3) is 0.529. The van der Waals surface area contributed by atoms with Gasteiger partial charge in [0, 0.05) is 26.2 Å². The number of hydrogen-bond acceptors (Lipinski definition) is 6. The topological polar surface area (TPSA) is 58.8 Å². The molecule has 1 aromatic carbocycles. The van der Waals surface area contributed by atoms with Crippen LogP contribution in [0.3, 0.4) is 0 Å². The van der Waals surface area contributed by atoms with E-state index in [0.717, 1.165) is 49.6 Å². The Morgan fingerprint density at radius 2 is 2.13 bits per heavy atom. The van der Waals surface area contributed by atoms with Crippen LogP contribution in [0.15, 0.2) is 28.7 Å². The fourth-order valence-electron chi connectivity index (χ4n) is 3.01. The molecular formula is C17H23N3O3. The molecule has 6 nitrogen and oxygen atoms in total. The van der Waals surface area contributed by atoms with Gasteiger partial charge in [-0.3, -0.25) is 14.6 Å². The van der Waals surface area contributed by atoms with Gasteiger partial charge in [-0.05, 0) is 25.5 Å². The van der Waals surface area contributed by atoms with E-state index in [0.29, 0.717) is 6.54 Å². The maximum absolute atomic E-state index is 11.4. The van der Waals surface area contributed by atoms with Gasteiger partial charge in [-0.1, -0.05) is 12.1 Å². The van der Waals surface area contributed by atoms with E-state index >= 15 is 0 Å². The molecule has 1 aliphatic heterocycles. The van der Waals surface area contributed by atoms with Crippen LogP contribution in [0.4, 0.5) is 0 Å². The number of carbonyl (C=O) groups is 1. The predicted octanol–water partition coefficient (Wildman–Crippen LogP) is 2.07. The molecule has 0 unspecified atom stereocenters. The van der Waals surface area contributed by atoms with Crippen molar-refractivity contribution in [3.63, 3.8) is 0 Å². The maximum atomic E-state index is 11.4. The second kappa shape index (κ2) is 7.10. The number of esters is 1. The van der Waals surface area contributed by atoms with Crippen molar-refractivity contribution in [2.45, 2.75) is 19.4 Å². The maximum Gasteiger partial charge on any atom is 0.319 e. The van der Waals surface area contributed by atoms with Crippen LogP contribution in [0.2, 0.25) is 0 Å². The van der Waals surface area contributed by atoms with E-state index in [-0.39, 0.29) is 12.0 Å². The lowest BCUT2D eigenvalue weighted by Gasteiger charge is -2.25. The van der Waals surface area contributed by atoms with Gasteiger partial charge < -0.3 is 9.15 Å². The summed E-state index contributed by atoms with van der Waals surface area (Å²) < 4.78 is 10.6.